The first-order valence-corrected chi connectivity index (χ1v) is 6.59. The van der Waals surface area contributed by atoms with Crippen LogP contribution in [0.4, 0.5) is 8.78 Å². The molecule has 1 unspecified atom stereocenters. The van der Waals surface area contributed by atoms with E-state index in [-0.39, 0.29) is 6.54 Å². The Balaban J connectivity index is 2.44. The van der Waals surface area contributed by atoms with Crippen LogP contribution in [-0.2, 0) is 10.0 Å². The lowest BCUT2D eigenvalue weighted by atomic mass is 10.3. The number of sulfonamides is 1. The van der Waals surface area contributed by atoms with Crippen LogP contribution in [0.15, 0.2) is 23.1 Å². The van der Waals surface area contributed by atoms with Gasteiger partial charge in [0.2, 0.25) is 10.0 Å². The zero-order chi connectivity index (χ0) is 12.6. The van der Waals surface area contributed by atoms with Gasteiger partial charge in [0.25, 0.3) is 0 Å². The molecule has 1 atom stereocenters. The molecule has 1 saturated heterocycles. The molecule has 1 fully saturated rings. The van der Waals surface area contributed by atoms with E-state index >= 15 is 0 Å². The van der Waals surface area contributed by atoms with Crippen molar-refractivity contribution in [1.82, 2.24) is 4.31 Å². The van der Waals surface area contributed by atoms with Gasteiger partial charge in [-0.25, -0.2) is 17.2 Å². The van der Waals surface area contributed by atoms with Crippen molar-refractivity contribution in [3.8, 4) is 0 Å². The first-order valence-electron chi connectivity index (χ1n) is 5.15. The lowest BCUT2D eigenvalue weighted by Gasteiger charge is -2.20. The number of hydrogen-bond donors (Lipinski definition) is 1. The quantitative estimate of drug-likeness (QED) is 0.866. The Hall–Kier alpha value is -1.05. The van der Waals surface area contributed by atoms with E-state index in [1.165, 1.54) is 0 Å². The van der Waals surface area contributed by atoms with Crippen molar-refractivity contribution in [3.63, 3.8) is 0 Å². The average Bonchev–Trinajstić information content (AvgIpc) is 2.64. The molecule has 4 nitrogen and oxygen atoms in total. The highest BCUT2D eigenvalue weighted by atomic mass is 32.2. The van der Waals surface area contributed by atoms with Crippen molar-refractivity contribution < 1.29 is 17.2 Å². The standard InChI is InChI=1S/C10H12F2N2O2S/c11-7-3-4-9(8(12)6-7)17(15,16)14-5-1-2-10(14)13/h3-4,6,10H,1-2,5,13H2. The Morgan fingerprint density at radius 3 is 2.59 bits per heavy atom. The Bertz CT molecular complexity index is 533. The predicted molar refractivity (Wildman–Crippen MR) is 57.5 cm³/mol. The lowest BCUT2D eigenvalue weighted by molar-refractivity contribution is 0.392. The van der Waals surface area contributed by atoms with Crippen LogP contribution in [0.25, 0.3) is 0 Å². The third-order valence-electron chi connectivity index (χ3n) is 2.73. The molecule has 0 amide bonds. The van der Waals surface area contributed by atoms with E-state index in [0.29, 0.717) is 18.9 Å². The molecule has 94 valence electrons. The monoisotopic (exact) mass is 262 g/mol. The van der Waals surface area contributed by atoms with Gasteiger partial charge in [-0.05, 0) is 25.0 Å². The van der Waals surface area contributed by atoms with Crippen LogP contribution in [0.3, 0.4) is 0 Å². The molecule has 7 heteroatoms. The van der Waals surface area contributed by atoms with Crippen LogP contribution in [0.2, 0.25) is 0 Å². The van der Waals surface area contributed by atoms with Gasteiger partial charge in [-0.2, -0.15) is 4.31 Å². The number of nitrogens with zero attached hydrogens (tertiary/aromatic N) is 1. The van der Waals surface area contributed by atoms with E-state index < -0.39 is 32.7 Å². The van der Waals surface area contributed by atoms with Crippen LogP contribution in [0.5, 0.6) is 0 Å². The second-order valence-corrected chi connectivity index (χ2v) is 5.76. The zero-order valence-electron chi connectivity index (χ0n) is 8.94. The Morgan fingerprint density at radius 1 is 1.35 bits per heavy atom. The second kappa shape index (κ2) is 4.32. The van der Waals surface area contributed by atoms with Crippen molar-refractivity contribution in [2.75, 3.05) is 6.54 Å². The van der Waals surface area contributed by atoms with Crippen molar-refractivity contribution in [2.45, 2.75) is 23.9 Å². The van der Waals surface area contributed by atoms with Crippen LogP contribution in [-0.4, -0.2) is 25.4 Å². The summed E-state index contributed by atoms with van der Waals surface area (Å²) in [4.78, 5) is -0.531. The minimum absolute atomic E-state index is 0.264. The average molecular weight is 262 g/mol. The van der Waals surface area contributed by atoms with Gasteiger partial charge in [-0.1, -0.05) is 0 Å². The molecule has 0 saturated carbocycles. The van der Waals surface area contributed by atoms with E-state index in [1.54, 1.807) is 0 Å². The Kier molecular flexibility index (Phi) is 3.15. The lowest BCUT2D eigenvalue weighted by Crippen LogP contribution is -2.41. The van der Waals surface area contributed by atoms with Gasteiger partial charge in [0.1, 0.15) is 16.5 Å². The molecule has 0 spiro atoms. The summed E-state index contributed by atoms with van der Waals surface area (Å²) in [6.45, 7) is 0.264. The smallest absolute Gasteiger partial charge is 0.247 e. The first kappa shape index (κ1) is 12.4. The van der Waals surface area contributed by atoms with E-state index in [9.17, 15) is 17.2 Å². The normalized spacial score (nSPS) is 21.9. The highest BCUT2D eigenvalue weighted by molar-refractivity contribution is 7.89. The molecule has 17 heavy (non-hydrogen) atoms. The van der Waals surface area contributed by atoms with E-state index in [4.69, 9.17) is 5.73 Å². The van der Waals surface area contributed by atoms with Gasteiger partial charge in [-0.15, -0.1) is 0 Å². The highest BCUT2D eigenvalue weighted by Gasteiger charge is 2.34. The summed E-state index contributed by atoms with van der Waals surface area (Å²) in [7, 11) is -3.97. The minimum atomic E-state index is -3.97. The molecule has 1 aromatic carbocycles. The van der Waals surface area contributed by atoms with Crippen LogP contribution in [0.1, 0.15) is 12.8 Å². The fourth-order valence-corrected chi connectivity index (χ4v) is 3.50. The maximum absolute atomic E-state index is 13.4. The van der Waals surface area contributed by atoms with Gasteiger partial charge >= 0.3 is 0 Å². The predicted octanol–water partition coefficient (Wildman–Crippen LogP) is 1.03. The number of rotatable bonds is 2. The van der Waals surface area contributed by atoms with Crippen LogP contribution < -0.4 is 5.73 Å². The Morgan fingerprint density at radius 2 is 2.06 bits per heavy atom. The van der Waals surface area contributed by atoms with Gasteiger partial charge in [0.15, 0.2) is 0 Å². The summed E-state index contributed by atoms with van der Waals surface area (Å²) >= 11 is 0. The fourth-order valence-electron chi connectivity index (χ4n) is 1.88. The molecule has 0 radical (unpaired) electrons. The molecule has 1 heterocycles. The van der Waals surface area contributed by atoms with Crippen LogP contribution in [0, 0.1) is 11.6 Å². The molecule has 1 aliphatic heterocycles. The molecule has 2 N–H and O–H groups in total. The summed E-state index contributed by atoms with van der Waals surface area (Å²) in [6.07, 6.45) is 0.551. The molecule has 2 rings (SSSR count). The van der Waals surface area contributed by atoms with Crippen molar-refractivity contribution in [3.05, 3.63) is 29.8 Å². The van der Waals surface area contributed by atoms with Gasteiger partial charge in [0, 0.05) is 12.6 Å². The fraction of sp³-hybridized carbons (Fsp3) is 0.400. The van der Waals surface area contributed by atoms with E-state index in [2.05, 4.69) is 0 Å². The zero-order valence-corrected chi connectivity index (χ0v) is 9.75. The number of halogens is 2. The molecular weight excluding hydrogens is 250 g/mol. The largest absolute Gasteiger partial charge is 0.315 e. The van der Waals surface area contributed by atoms with Gasteiger partial charge < -0.3 is 5.73 Å². The maximum Gasteiger partial charge on any atom is 0.247 e. The van der Waals surface area contributed by atoms with Crippen molar-refractivity contribution >= 4 is 10.0 Å². The summed E-state index contributed by atoms with van der Waals surface area (Å²) in [5.41, 5.74) is 5.63. The number of nitrogens with two attached hydrogens (primary N) is 1. The molecule has 1 aromatic rings. The van der Waals surface area contributed by atoms with Gasteiger partial charge in [-0.3, -0.25) is 0 Å². The molecule has 1 aliphatic rings. The highest BCUT2D eigenvalue weighted by Crippen LogP contribution is 2.25. The SMILES string of the molecule is NC1CCCN1S(=O)(=O)c1ccc(F)cc1F. The van der Waals surface area contributed by atoms with E-state index in [0.717, 1.165) is 16.4 Å². The number of hydrogen-bond acceptors (Lipinski definition) is 3. The summed E-state index contributed by atoms with van der Waals surface area (Å²) in [6, 6.07) is 2.39. The molecule has 0 bridgehead atoms. The maximum atomic E-state index is 13.4. The Labute approximate surface area is 98.1 Å². The van der Waals surface area contributed by atoms with Crippen molar-refractivity contribution in [1.29, 1.82) is 0 Å². The second-order valence-electron chi connectivity index (χ2n) is 3.90. The summed E-state index contributed by atoms with van der Waals surface area (Å²) in [5, 5.41) is 0. The van der Waals surface area contributed by atoms with E-state index in [1.807, 2.05) is 0 Å². The summed E-state index contributed by atoms with van der Waals surface area (Å²) in [5.74, 6) is -1.91. The van der Waals surface area contributed by atoms with Crippen molar-refractivity contribution in [2.24, 2.45) is 5.73 Å². The summed E-state index contributed by atoms with van der Waals surface area (Å²) < 4.78 is 51.3. The topological polar surface area (TPSA) is 63.4 Å². The third-order valence-corrected chi connectivity index (χ3v) is 4.69. The minimum Gasteiger partial charge on any atom is -0.315 e. The van der Waals surface area contributed by atoms with Gasteiger partial charge in [0.05, 0.1) is 6.17 Å². The third kappa shape index (κ3) is 2.18. The molecular formula is C10H12F2N2O2S. The first-order chi connectivity index (χ1) is 7.93. The number of benzene rings is 1. The van der Waals surface area contributed by atoms with Crippen LogP contribution >= 0.6 is 0 Å². The molecule has 0 aromatic heterocycles. The molecule has 0 aliphatic carbocycles.